The average Bonchev–Trinajstić information content (AvgIpc) is 2.81. The van der Waals surface area contributed by atoms with Gasteiger partial charge < -0.3 is 19.5 Å². The molecule has 1 aliphatic carbocycles. The molecule has 0 fully saturated rings. The Morgan fingerprint density at radius 2 is 1.94 bits per heavy atom. The molecule has 0 spiro atoms. The molecule has 0 radical (unpaired) electrons. The van der Waals surface area contributed by atoms with Crippen LogP contribution in [-0.2, 0) is 23.9 Å². The number of hydrogen-bond acceptors (Lipinski definition) is 8. The van der Waals surface area contributed by atoms with Gasteiger partial charge in [-0.1, -0.05) is 32.0 Å². The maximum absolute atomic E-state index is 13.8. The molecule has 0 saturated carbocycles. The highest BCUT2D eigenvalue weighted by Crippen LogP contribution is 2.47. The molecule has 34 heavy (non-hydrogen) atoms. The van der Waals surface area contributed by atoms with Gasteiger partial charge in [-0.15, -0.1) is 0 Å². The topological polar surface area (TPSA) is 90.9 Å². The first-order chi connectivity index (χ1) is 16.3. The number of Topliss-reactive ketones (excluding diaryl/α,β-unsaturated/α-hetero) is 1. The predicted molar refractivity (Wildman–Crippen MR) is 131 cm³/mol. The van der Waals surface area contributed by atoms with Crippen molar-refractivity contribution in [2.45, 2.75) is 40.0 Å². The van der Waals surface area contributed by atoms with E-state index in [4.69, 9.17) is 14.2 Å². The molecule has 2 aliphatic rings. The van der Waals surface area contributed by atoms with E-state index in [1.165, 1.54) is 7.11 Å². The summed E-state index contributed by atoms with van der Waals surface area (Å²) in [6.45, 7) is 8.32. The number of benzene rings is 1. The molecule has 1 aromatic rings. The Labute approximate surface area is 205 Å². The van der Waals surface area contributed by atoms with Crippen molar-refractivity contribution in [3.8, 4) is 5.75 Å². The number of ether oxygens (including phenoxy) is 3. The second-order valence-electron chi connectivity index (χ2n) is 8.34. The van der Waals surface area contributed by atoms with Crippen LogP contribution in [-0.4, -0.2) is 49.6 Å². The molecule has 1 heterocycles. The van der Waals surface area contributed by atoms with Crippen molar-refractivity contribution in [3.05, 3.63) is 52.4 Å². The number of esters is 2. The van der Waals surface area contributed by atoms with Crippen molar-refractivity contribution in [2.24, 2.45) is 11.8 Å². The van der Waals surface area contributed by atoms with Crippen LogP contribution in [0.4, 0.5) is 0 Å². The maximum Gasteiger partial charge on any atom is 0.336 e. The van der Waals surface area contributed by atoms with Gasteiger partial charge in [-0.05, 0) is 38.0 Å². The zero-order chi connectivity index (χ0) is 24.8. The molecule has 8 heteroatoms. The van der Waals surface area contributed by atoms with Crippen molar-refractivity contribution >= 4 is 29.5 Å². The molecule has 1 N–H and O–H groups in total. The molecule has 0 amide bonds. The van der Waals surface area contributed by atoms with Gasteiger partial charge in [0.2, 0.25) is 0 Å². The minimum Gasteiger partial charge on any atom is -0.494 e. The zero-order valence-corrected chi connectivity index (χ0v) is 21.3. The summed E-state index contributed by atoms with van der Waals surface area (Å²) >= 11 is 1.68. The van der Waals surface area contributed by atoms with Crippen LogP contribution in [0.25, 0.3) is 0 Å². The fraction of sp³-hybridized carbons (Fsp3) is 0.500. The molecular weight excluding hydrogens is 454 g/mol. The van der Waals surface area contributed by atoms with Crippen molar-refractivity contribution in [1.82, 2.24) is 5.32 Å². The highest BCUT2D eigenvalue weighted by molar-refractivity contribution is 7.99. The van der Waals surface area contributed by atoms with Gasteiger partial charge in [0.05, 0.1) is 25.2 Å². The lowest BCUT2D eigenvalue weighted by Gasteiger charge is -2.38. The number of ketones is 1. The van der Waals surface area contributed by atoms with Gasteiger partial charge in [0.25, 0.3) is 0 Å². The smallest absolute Gasteiger partial charge is 0.336 e. The second kappa shape index (κ2) is 11.6. The van der Waals surface area contributed by atoms with E-state index >= 15 is 0 Å². The summed E-state index contributed by atoms with van der Waals surface area (Å²) < 4.78 is 16.4. The first-order valence-electron chi connectivity index (χ1n) is 11.6. The van der Waals surface area contributed by atoms with E-state index < -0.39 is 23.8 Å². The van der Waals surface area contributed by atoms with Crippen molar-refractivity contribution in [1.29, 1.82) is 0 Å². The molecule has 0 unspecified atom stereocenters. The second-order valence-corrected chi connectivity index (χ2v) is 9.73. The SMILES string of the molecule is CCOc1ccccc1[C@@H]1C(C(=O)OCCSCC)=C(C)NC2=C1C(=O)[C@@H](C(=O)OC)[C@@H](C)C2. The lowest BCUT2D eigenvalue weighted by molar-refractivity contribution is -0.151. The summed E-state index contributed by atoms with van der Waals surface area (Å²) in [7, 11) is 1.29. The van der Waals surface area contributed by atoms with Crippen molar-refractivity contribution in [2.75, 3.05) is 31.8 Å². The molecule has 0 aromatic heterocycles. The summed E-state index contributed by atoms with van der Waals surface area (Å²) in [5.74, 6) is -1.03. The molecule has 184 valence electrons. The van der Waals surface area contributed by atoms with Crippen LogP contribution < -0.4 is 10.1 Å². The first-order valence-corrected chi connectivity index (χ1v) is 12.8. The van der Waals surface area contributed by atoms with Crippen LogP contribution in [0.5, 0.6) is 5.75 Å². The lowest BCUT2D eigenvalue weighted by Crippen LogP contribution is -2.43. The summed E-state index contributed by atoms with van der Waals surface area (Å²) in [5.41, 5.74) is 2.82. The van der Waals surface area contributed by atoms with Crippen molar-refractivity contribution < 1.29 is 28.6 Å². The van der Waals surface area contributed by atoms with E-state index in [9.17, 15) is 14.4 Å². The molecule has 3 atom stereocenters. The number of carbonyl (C=O) groups is 3. The Bertz CT molecular complexity index is 1010. The van der Waals surface area contributed by atoms with Gasteiger partial charge in [-0.2, -0.15) is 11.8 Å². The van der Waals surface area contributed by atoms with Crippen LogP contribution in [0.2, 0.25) is 0 Å². The largest absolute Gasteiger partial charge is 0.494 e. The van der Waals surface area contributed by atoms with E-state index in [1.54, 1.807) is 11.8 Å². The molecule has 1 aromatic carbocycles. The number of nitrogens with one attached hydrogen (secondary N) is 1. The standard InChI is InChI=1S/C26H33NO6S/c1-6-32-19-11-9-8-10-17(19)22-21(26(30)33-12-13-34-7-2)16(4)27-18-14-15(3)20(25(29)31-5)24(28)23(18)22/h8-11,15,20,22,27H,6-7,12-14H2,1-5H3/t15-,20-,22+/m0/s1. The normalized spacial score (nSPS) is 22.1. The number of carbonyl (C=O) groups excluding carboxylic acids is 3. The van der Waals surface area contributed by atoms with E-state index in [1.807, 2.05) is 52.0 Å². The van der Waals surface area contributed by atoms with Crippen LogP contribution in [0.15, 0.2) is 46.8 Å². The third kappa shape index (κ3) is 5.17. The minimum absolute atomic E-state index is 0.235. The van der Waals surface area contributed by atoms with Gasteiger partial charge in [0.1, 0.15) is 18.3 Å². The molecule has 7 nitrogen and oxygen atoms in total. The Kier molecular flexibility index (Phi) is 8.83. The summed E-state index contributed by atoms with van der Waals surface area (Å²) in [5, 5.41) is 3.28. The summed E-state index contributed by atoms with van der Waals surface area (Å²) in [6, 6.07) is 7.38. The van der Waals surface area contributed by atoms with E-state index in [0.29, 0.717) is 46.9 Å². The van der Waals surface area contributed by atoms with E-state index in [2.05, 4.69) is 5.32 Å². The van der Waals surface area contributed by atoms with Crippen molar-refractivity contribution in [3.63, 3.8) is 0 Å². The number of methoxy groups -OCH3 is 1. The number of dihydropyridines is 1. The molecule has 0 bridgehead atoms. The number of allylic oxidation sites excluding steroid dienone is 3. The Morgan fingerprint density at radius 1 is 1.21 bits per heavy atom. The van der Waals surface area contributed by atoms with Gasteiger partial charge in [-0.3, -0.25) is 9.59 Å². The molecule has 3 rings (SSSR count). The lowest BCUT2D eigenvalue weighted by atomic mass is 9.69. The highest BCUT2D eigenvalue weighted by Gasteiger charge is 2.47. The number of hydrogen-bond donors (Lipinski definition) is 1. The van der Waals surface area contributed by atoms with Gasteiger partial charge in [0.15, 0.2) is 5.78 Å². The highest BCUT2D eigenvalue weighted by atomic mass is 32.2. The quantitative estimate of drug-likeness (QED) is 0.318. The van der Waals surface area contributed by atoms with Gasteiger partial charge in [0, 0.05) is 28.3 Å². The van der Waals surface area contributed by atoms with Gasteiger partial charge in [-0.25, -0.2) is 4.79 Å². The van der Waals surface area contributed by atoms with E-state index in [-0.39, 0.29) is 18.3 Å². The number of rotatable bonds is 9. The third-order valence-electron chi connectivity index (χ3n) is 6.16. The predicted octanol–water partition coefficient (Wildman–Crippen LogP) is 3.99. The van der Waals surface area contributed by atoms with Crippen LogP contribution >= 0.6 is 11.8 Å². The third-order valence-corrected chi connectivity index (χ3v) is 7.02. The first kappa shape index (κ1) is 25.9. The Hall–Kier alpha value is -2.74. The maximum atomic E-state index is 13.8. The minimum atomic E-state index is -0.927. The van der Waals surface area contributed by atoms with Gasteiger partial charge >= 0.3 is 11.9 Å². The average molecular weight is 488 g/mol. The van der Waals surface area contributed by atoms with E-state index in [0.717, 1.165) is 11.4 Å². The van der Waals surface area contributed by atoms with Crippen LogP contribution in [0.1, 0.15) is 45.6 Å². The Morgan fingerprint density at radius 3 is 2.62 bits per heavy atom. The zero-order valence-electron chi connectivity index (χ0n) is 20.4. The van der Waals surface area contributed by atoms with Crippen LogP contribution in [0.3, 0.4) is 0 Å². The number of thioether (sulfide) groups is 1. The monoisotopic (exact) mass is 487 g/mol. The molecule has 1 aliphatic heterocycles. The molecule has 0 saturated heterocycles. The summed E-state index contributed by atoms with van der Waals surface area (Å²) in [6.07, 6.45) is 0.487. The Balaban J connectivity index is 2.13. The van der Waals surface area contributed by atoms with Crippen LogP contribution in [0, 0.1) is 11.8 Å². The summed E-state index contributed by atoms with van der Waals surface area (Å²) in [4.78, 5) is 39.7. The fourth-order valence-electron chi connectivity index (χ4n) is 4.68. The number of para-hydroxylation sites is 1. The fourth-order valence-corrected chi connectivity index (χ4v) is 5.17. The molecular formula is C26H33NO6S.